The molecule has 4 heteroatoms. The summed E-state index contributed by atoms with van der Waals surface area (Å²) in [6, 6.07) is -0.127. The van der Waals surface area contributed by atoms with Gasteiger partial charge in [-0.3, -0.25) is 4.90 Å². The van der Waals surface area contributed by atoms with Gasteiger partial charge in [-0.2, -0.15) is 0 Å². The van der Waals surface area contributed by atoms with Crippen LogP contribution in [0, 0.1) is 5.92 Å². The minimum Gasteiger partial charge on any atom is -0.395 e. The van der Waals surface area contributed by atoms with E-state index in [1.54, 1.807) is 7.11 Å². The molecule has 0 aliphatic rings. The maximum atomic E-state index is 9.43. The quantitative estimate of drug-likeness (QED) is 0.614. The van der Waals surface area contributed by atoms with Crippen molar-refractivity contribution in [2.75, 3.05) is 33.4 Å². The first kappa shape index (κ1) is 15.8. The Hall–Kier alpha value is -0.160. The van der Waals surface area contributed by atoms with Crippen LogP contribution in [0.3, 0.4) is 0 Å². The van der Waals surface area contributed by atoms with Crippen LogP contribution >= 0.6 is 0 Å². The molecular formula is C12H28N2O2. The van der Waals surface area contributed by atoms with E-state index in [4.69, 9.17) is 10.5 Å². The second-order valence-electron chi connectivity index (χ2n) is 4.47. The maximum absolute atomic E-state index is 9.43. The summed E-state index contributed by atoms with van der Waals surface area (Å²) in [7, 11) is 1.64. The number of hydrogen-bond acceptors (Lipinski definition) is 4. The van der Waals surface area contributed by atoms with Crippen LogP contribution < -0.4 is 5.73 Å². The number of likely N-dealkylation sites (N-methyl/N-ethyl adjacent to an activating group) is 1. The molecule has 0 saturated carbocycles. The molecule has 0 bridgehead atoms. The topological polar surface area (TPSA) is 58.7 Å². The lowest BCUT2D eigenvalue weighted by atomic mass is 10.0. The van der Waals surface area contributed by atoms with Crippen LogP contribution in [0.4, 0.5) is 0 Å². The van der Waals surface area contributed by atoms with E-state index in [0.717, 1.165) is 19.5 Å². The Labute approximate surface area is 99.8 Å². The molecule has 0 aromatic carbocycles. The Bertz CT molecular complexity index is 167. The van der Waals surface area contributed by atoms with Crippen molar-refractivity contribution < 1.29 is 9.84 Å². The second kappa shape index (κ2) is 8.93. The third-order valence-corrected chi connectivity index (χ3v) is 3.16. The first-order valence-corrected chi connectivity index (χ1v) is 6.20. The summed E-state index contributed by atoms with van der Waals surface area (Å²) in [6.45, 7) is 8.98. The number of aliphatic hydroxyl groups is 1. The molecule has 3 atom stereocenters. The zero-order chi connectivity index (χ0) is 12.6. The molecule has 0 aliphatic carbocycles. The zero-order valence-electron chi connectivity index (χ0n) is 11.1. The van der Waals surface area contributed by atoms with Crippen LogP contribution in [0.15, 0.2) is 0 Å². The molecule has 0 fully saturated rings. The van der Waals surface area contributed by atoms with E-state index < -0.39 is 0 Å². The highest BCUT2D eigenvalue weighted by atomic mass is 16.5. The Morgan fingerprint density at radius 2 is 2.00 bits per heavy atom. The summed E-state index contributed by atoms with van der Waals surface area (Å²) in [5.41, 5.74) is 6.01. The van der Waals surface area contributed by atoms with E-state index in [1.165, 1.54) is 0 Å². The number of hydrogen-bond donors (Lipinski definition) is 2. The van der Waals surface area contributed by atoms with Gasteiger partial charge in [0.15, 0.2) is 0 Å². The van der Waals surface area contributed by atoms with Crippen LogP contribution in [-0.4, -0.2) is 55.5 Å². The Morgan fingerprint density at radius 1 is 1.38 bits per heavy atom. The number of aliphatic hydroxyl groups excluding tert-OH is 1. The summed E-state index contributed by atoms with van der Waals surface area (Å²) < 4.78 is 5.05. The molecule has 3 unspecified atom stereocenters. The Kier molecular flexibility index (Phi) is 8.84. The normalized spacial score (nSPS) is 17.4. The molecule has 0 heterocycles. The van der Waals surface area contributed by atoms with Crippen LogP contribution in [0.2, 0.25) is 0 Å². The minimum atomic E-state index is -0.126. The number of rotatable bonds is 9. The summed E-state index contributed by atoms with van der Waals surface area (Å²) >= 11 is 0. The molecule has 0 amide bonds. The average molecular weight is 232 g/mol. The lowest BCUT2D eigenvalue weighted by Crippen LogP contribution is -2.53. The van der Waals surface area contributed by atoms with E-state index >= 15 is 0 Å². The molecule has 0 rings (SSSR count). The molecule has 0 aromatic heterocycles. The number of nitrogens with two attached hydrogens (primary N) is 1. The predicted octanol–water partition coefficient (Wildman–Crippen LogP) is 0.689. The molecule has 0 spiro atoms. The van der Waals surface area contributed by atoms with Gasteiger partial charge in [0.2, 0.25) is 0 Å². The van der Waals surface area contributed by atoms with E-state index in [1.807, 2.05) is 0 Å². The average Bonchev–Trinajstić information content (AvgIpc) is 2.28. The second-order valence-corrected chi connectivity index (χ2v) is 4.47. The third-order valence-electron chi connectivity index (χ3n) is 3.16. The van der Waals surface area contributed by atoms with Crippen molar-refractivity contribution >= 4 is 0 Å². The highest BCUT2D eigenvalue weighted by Crippen LogP contribution is 2.10. The predicted molar refractivity (Wildman–Crippen MR) is 67.4 cm³/mol. The molecule has 0 aliphatic heterocycles. The number of methoxy groups -OCH3 is 1. The summed E-state index contributed by atoms with van der Waals surface area (Å²) in [6.07, 6.45) is 1.15. The standard InChI is InChI=1S/C12H28N2O2/c1-5-10(3)7-14(6-2)12(8-15)11(13)9-16-4/h10-12,15H,5-9,13H2,1-4H3. The summed E-state index contributed by atoms with van der Waals surface area (Å²) in [5, 5.41) is 9.43. The Balaban J connectivity index is 4.36. The SMILES string of the molecule is CCC(C)CN(CC)C(CO)C(N)COC. The zero-order valence-corrected chi connectivity index (χ0v) is 11.1. The van der Waals surface area contributed by atoms with Crippen molar-refractivity contribution in [2.45, 2.75) is 39.3 Å². The lowest BCUT2D eigenvalue weighted by molar-refractivity contribution is 0.0650. The smallest absolute Gasteiger partial charge is 0.0629 e. The van der Waals surface area contributed by atoms with E-state index in [2.05, 4.69) is 25.7 Å². The first-order chi connectivity index (χ1) is 7.60. The van der Waals surface area contributed by atoms with Crippen LogP contribution in [0.25, 0.3) is 0 Å². The molecule has 16 heavy (non-hydrogen) atoms. The van der Waals surface area contributed by atoms with Gasteiger partial charge in [-0.15, -0.1) is 0 Å². The Morgan fingerprint density at radius 3 is 2.38 bits per heavy atom. The minimum absolute atomic E-state index is 0.000972. The van der Waals surface area contributed by atoms with Gasteiger partial charge < -0.3 is 15.6 Å². The number of ether oxygens (including phenoxy) is 1. The van der Waals surface area contributed by atoms with Crippen LogP contribution in [-0.2, 0) is 4.74 Å². The first-order valence-electron chi connectivity index (χ1n) is 6.20. The van der Waals surface area contributed by atoms with Crippen molar-refractivity contribution in [3.63, 3.8) is 0 Å². The highest BCUT2D eigenvalue weighted by Gasteiger charge is 2.24. The van der Waals surface area contributed by atoms with Crippen LogP contribution in [0.5, 0.6) is 0 Å². The van der Waals surface area contributed by atoms with E-state index in [-0.39, 0.29) is 18.7 Å². The monoisotopic (exact) mass is 232 g/mol. The fourth-order valence-corrected chi connectivity index (χ4v) is 1.85. The van der Waals surface area contributed by atoms with Gasteiger partial charge >= 0.3 is 0 Å². The van der Waals surface area contributed by atoms with Crippen molar-refractivity contribution in [2.24, 2.45) is 11.7 Å². The van der Waals surface area contributed by atoms with Crippen molar-refractivity contribution in [3.05, 3.63) is 0 Å². The fraction of sp³-hybridized carbons (Fsp3) is 1.00. The lowest BCUT2D eigenvalue weighted by Gasteiger charge is -2.34. The molecule has 4 nitrogen and oxygen atoms in total. The van der Waals surface area contributed by atoms with Gasteiger partial charge in [-0.25, -0.2) is 0 Å². The van der Waals surface area contributed by atoms with Gasteiger partial charge in [0, 0.05) is 19.7 Å². The highest BCUT2D eigenvalue weighted by molar-refractivity contribution is 4.81. The molecule has 3 N–H and O–H groups in total. The van der Waals surface area contributed by atoms with Crippen molar-refractivity contribution in [3.8, 4) is 0 Å². The van der Waals surface area contributed by atoms with Crippen molar-refractivity contribution in [1.29, 1.82) is 0 Å². The van der Waals surface area contributed by atoms with Crippen LogP contribution in [0.1, 0.15) is 27.2 Å². The molecule has 0 saturated heterocycles. The van der Waals surface area contributed by atoms with Gasteiger partial charge in [-0.1, -0.05) is 27.2 Å². The van der Waals surface area contributed by atoms with Gasteiger partial charge in [0.25, 0.3) is 0 Å². The summed E-state index contributed by atoms with van der Waals surface area (Å²) in [5.74, 6) is 0.628. The van der Waals surface area contributed by atoms with Gasteiger partial charge in [0.05, 0.1) is 19.3 Å². The molecule has 0 aromatic rings. The van der Waals surface area contributed by atoms with Gasteiger partial charge in [0.1, 0.15) is 0 Å². The third kappa shape index (κ3) is 5.25. The number of nitrogens with zero attached hydrogens (tertiary/aromatic N) is 1. The fourth-order valence-electron chi connectivity index (χ4n) is 1.85. The van der Waals surface area contributed by atoms with Gasteiger partial charge in [-0.05, 0) is 12.5 Å². The van der Waals surface area contributed by atoms with E-state index in [9.17, 15) is 5.11 Å². The largest absolute Gasteiger partial charge is 0.395 e. The van der Waals surface area contributed by atoms with E-state index in [0.29, 0.717) is 12.5 Å². The molecular weight excluding hydrogens is 204 g/mol. The molecule has 98 valence electrons. The molecule has 0 radical (unpaired) electrons. The summed E-state index contributed by atoms with van der Waals surface area (Å²) in [4.78, 5) is 2.25. The van der Waals surface area contributed by atoms with Crippen molar-refractivity contribution in [1.82, 2.24) is 4.90 Å². The maximum Gasteiger partial charge on any atom is 0.0629 e.